The van der Waals surface area contributed by atoms with Crippen LogP contribution in [0.25, 0.3) is 0 Å². The number of ether oxygens (including phenoxy) is 1. The van der Waals surface area contributed by atoms with Gasteiger partial charge in [0.2, 0.25) is 0 Å². The first-order valence-electron chi connectivity index (χ1n) is 8.24. The van der Waals surface area contributed by atoms with Crippen LogP contribution in [0.1, 0.15) is 45.1 Å². The summed E-state index contributed by atoms with van der Waals surface area (Å²) < 4.78 is 5.21. The van der Waals surface area contributed by atoms with Crippen LogP contribution in [0.3, 0.4) is 0 Å². The molecule has 0 amide bonds. The smallest absolute Gasteiger partial charge is 0.320 e. The van der Waals surface area contributed by atoms with E-state index in [9.17, 15) is 14.7 Å². The molecule has 0 aliphatic carbocycles. The van der Waals surface area contributed by atoms with Crippen molar-refractivity contribution >= 4 is 11.9 Å². The molecule has 0 saturated carbocycles. The molecule has 1 aromatic carbocycles. The minimum absolute atomic E-state index is 0.119. The Morgan fingerprint density at radius 3 is 2.26 bits per heavy atom. The second kappa shape index (κ2) is 10.8. The molecule has 0 bridgehead atoms. The molecule has 1 N–H and O–H groups in total. The van der Waals surface area contributed by atoms with Crippen molar-refractivity contribution in [3.63, 3.8) is 0 Å². The molecule has 1 aromatic rings. The van der Waals surface area contributed by atoms with E-state index in [1.54, 1.807) is 0 Å². The second-order valence-corrected chi connectivity index (χ2v) is 5.57. The molecule has 0 spiro atoms. The highest BCUT2D eigenvalue weighted by atomic mass is 16.5. The van der Waals surface area contributed by atoms with Crippen molar-refractivity contribution in [3.05, 3.63) is 35.9 Å². The van der Waals surface area contributed by atoms with Gasteiger partial charge in [-0.2, -0.15) is 0 Å². The molecule has 23 heavy (non-hydrogen) atoms. The SMILES string of the molecule is CCCN(CCC)[C@@H](CCC(=O)OCc1ccccc1)C(=O)O. The van der Waals surface area contributed by atoms with Crippen LogP contribution in [-0.4, -0.2) is 41.1 Å². The van der Waals surface area contributed by atoms with E-state index in [0.29, 0.717) is 0 Å². The highest BCUT2D eigenvalue weighted by Crippen LogP contribution is 2.11. The monoisotopic (exact) mass is 321 g/mol. The van der Waals surface area contributed by atoms with Crippen molar-refractivity contribution in [2.75, 3.05) is 13.1 Å². The van der Waals surface area contributed by atoms with Gasteiger partial charge in [-0.25, -0.2) is 0 Å². The molecule has 1 atom stereocenters. The fraction of sp³-hybridized carbons (Fsp3) is 0.556. The summed E-state index contributed by atoms with van der Waals surface area (Å²) in [7, 11) is 0. The van der Waals surface area contributed by atoms with Crippen LogP contribution in [0.5, 0.6) is 0 Å². The Morgan fingerprint density at radius 2 is 1.74 bits per heavy atom. The number of hydrogen-bond donors (Lipinski definition) is 1. The lowest BCUT2D eigenvalue weighted by Crippen LogP contribution is -2.42. The molecule has 5 nitrogen and oxygen atoms in total. The summed E-state index contributed by atoms with van der Waals surface area (Å²) in [5.74, 6) is -1.23. The Labute approximate surface area is 138 Å². The third kappa shape index (κ3) is 7.28. The van der Waals surface area contributed by atoms with E-state index in [0.717, 1.165) is 31.5 Å². The first-order valence-corrected chi connectivity index (χ1v) is 8.24. The van der Waals surface area contributed by atoms with Gasteiger partial charge in [-0.1, -0.05) is 44.2 Å². The van der Waals surface area contributed by atoms with Crippen LogP contribution >= 0.6 is 0 Å². The summed E-state index contributed by atoms with van der Waals surface area (Å²) in [6, 6.07) is 8.82. The van der Waals surface area contributed by atoms with Crippen LogP contribution in [0.4, 0.5) is 0 Å². The number of aliphatic carboxylic acids is 1. The Balaban J connectivity index is 2.47. The normalized spacial score (nSPS) is 12.1. The van der Waals surface area contributed by atoms with Crippen LogP contribution in [0.2, 0.25) is 0 Å². The molecular formula is C18H27NO4. The van der Waals surface area contributed by atoms with E-state index in [-0.39, 0.29) is 25.4 Å². The summed E-state index contributed by atoms with van der Waals surface area (Å²) >= 11 is 0. The zero-order valence-electron chi connectivity index (χ0n) is 14.0. The van der Waals surface area contributed by atoms with Crippen LogP contribution < -0.4 is 0 Å². The molecule has 0 aliphatic rings. The van der Waals surface area contributed by atoms with Crippen LogP contribution in [0.15, 0.2) is 30.3 Å². The molecular weight excluding hydrogens is 294 g/mol. The number of rotatable bonds is 11. The van der Waals surface area contributed by atoms with Gasteiger partial charge < -0.3 is 9.84 Å². The summed E-state index contributed by atoms with van der Waals surface area (Å²) in [6.45, 7) is 5.73. The zero-order chi connectivity index (χ0) is 17.1. The third-order valence-electron chi connectivity index (χ3n) is 3.61. The molecule has 0 saturated heterocycles. The number of carbonyl (C=O) groups is 2. The van der Waals surface area contributed by atoms with Crippen LogP contribution in [-0.2, 0) is 20.9 Å². The molecule has 0 aromatic heterocycles. The highest BCUT2D eigenvalue weighted by Gasteiger charge is 2.25. The number of benzene rings is 1. The average Bonchev–Trinajstić information content (AvgIpc) is 2.54. The summed E-state index contributed by atoms with van der Waals surface area (Å²) in [5, 5.41) is 9.42. The van der Waals surface area contributed by atoms with Crippen molar-refractivity contribution < 1.29 is 19.4 Å². The molecule has 0 heterocycles. The number of carboxylic acids is 1. The Bertz CT molecular complexity index is 469. The van der Waals surface area contributed by atoms with Gasteiger partial charge in [-0.15, -0.1) is 0 Å². The molecule has 128 valence electrons. The van der Waals surface area contributed by atoms with Gasteiger partial charge in [0.05, 0.1) is 0 Å². The third-order valence-corrected chi connectivity index (χ3v) is 3.61. The van der Waals surface area contributed by atoms with Crippen molar-refractivity contribution in [2.24, 2.45) is 0 Å². The standard InChI is InChI=1S/C18H27NO4/c1-3-12-19(13-4-2)16(18(21)22)10-11-17(20)23-14-15-8-6-5-7-9-15/h5-9,16H,3-4,10-14H2,1-2H3,(H,21,22)/t16-/m0/s1. The fourth-order valence-electron chi connectivity index (χ4n) is 2.52. The van der Waals surface area contributed by atoms with Crippen molar-refractivity contribution in [1.29, 1.82) is 0 Å². The Morgan fingerprint density at radius 1 is 1.13 bits per heavy atom. The topological polar surface area (TPSA) is 66.8 Å². The summed E-state index contributed by atoms with van der Waals surface area (Å²) in [6.07, 6.45) is 2.18. The number of carboxylic acid groups (broad SMARTS) is 1. The molecule has 0 unspecified atom stereocenters. The maximum absolute atomic E-state index is 11.8. The molecule has 0 radical (unpaired) electrons. The molecule has 1 rings (SSSR count). The second-order valence-electron chi connectivity index (χ2n) is 5.57. The largest absolute Gasteiger partial charge is 0.480 e. The maximum atomic E-state index is 11.8. The lowest BCUT2D eigenvalue weighted by molar-refractivity contribution is -0.147. The minimum atomic E-state index is -0.872. The van der Waals surface area contributed by atoms with E-state index in [4.69, 9.17) is 4.74 Å². The van der Waals surface area contributed by atoms with E-state index in [2.05, 4.69) is 0 Å². The zero-order valence-corrected chi connectivity index (χ0v) is 14.0. The van der Waals surface area contributed by atoms with Crippen molar-refractivity contribution in [1.82, 2.24) is 4.90 Å². The van der Waals surface area contributed by atoms with E-state index < -0.39 is 12.0 Å². The molecule has 0 aliphatic heterocycles. The number of nitrogens with zero attached hydrogens (tertiary/aromatic N) is 1. The predicted molar refractivity (Wildman–Crippen MR) is 89.1 cm³/mol. The van der Waals surface area contributed by atoms with Gasteiger partial charge in [-0.3, -0.25) is 14.5 Å². The van der Waals surface area contributed by atoms with E-state index in [1.807, 2.05) is 49.1 Å². The van der Waals surface area contributed by atoms with Crippen molar-refractivity contribution in [3.8, 4) is 0 Å². The molecule has 5 heteroatoms. The predicted octanol–water partition coefficient (Wildman–Crippen LogP) is 3.09. The number of carbonyl (C=O) groups excluding carboxylic acids is 1. The number of hydrogen-bond acceptors (Lipinski definition) is 4. The van der Waals surface area contributed by atoms with Gasteiger partial charge in [0.15, 0.2) is 0 Å². The molecule has 0 fully saturated rings. The summed E-state index contributed by atoms with van der Waals surface area (Å²) in [5.41, 5.74) is 0.925. The van der Waals surface area contributed by atoms with Gasteiger partial charge in [-0.05, 0) is 37.9 Å². The Hall–Kier alpha value is -1.88. The summed E-state index contributed by atoms with van der Waals surface area (Å²) in [4.78, 5) is 25.3. The Kier molecular flexibility index (Phi) is 8.98. The lowest BCUT2D eigenvalue weighted by atomic mass is 10.1. The van der Waals surface area contributed by atoms with Crippen molar-refractivity contribution in [2.45, 2.75) is 52.2 Å². The first kappa shape index (κ1) is 19.2. The van der Waals surface area contributed by atoms with E-state index in [1.165, 1.54) is 0 Å². The number of esters is 1. The van der Waals surface area contributed by atoms with E-state index >= 15 is 0 Å². The maximum Gasteiger partial charge on any atom is 0.320 e. The van der Waals surface area contributed by atoms with Gasteiger partial charge in [0.1, 0.15) is 12.6 Å². The minimum Gasteiger partial charge on any atom is -0.480 e. The average molecular weight is 321 g/mol. The quantitative estimate of drug-likeness (QED) is 0.634. The van der Waals surface area contributed by atoms with Crippen LogP contribution in [0, 0.1) is 0 Å². The van der Waals surface area contributed by atoms with Gasteiger partial charge in [0, 0.05) is 6.42 Å². The highest BCUT2D eigenvalue weighted by molar-refractivity contribution is 5.75. The fourth-order valence-corrected chi connectivity index (χ4v) is 2.52. The lowest BCUT2D eigenvalue weighted by Gasteiger charge is -2.27. The van der Waals surface area contributed by atoms with Gasteiger partial charge >= 0.3 is 11.9 Å². The van der Waals surface area contributed by atoms with Gasteiger partial charge in [0.25, 0.3) is 0 Å². The first-order chi connectivity index (χ1) is 11.1.